The summed E-state index contributed by atoms with van der Waals surface area (Å²) in [6.07, 6.45) is 0. The van der Waals surface area contributed by atoms with Gasteiger partial charge in [-0.05, 0) is 38.6 Å². The lowest BCUT2D eigenvalue weighted by molar-refractivity contribution is 0.0352. The van der Waals surface area contributed by atoms with Crippen molar-refractivity contribution in [2.75, 3.05) is 45.7 Å². The molecule has 1 fully saturated rings. The van der Waals surface area contributed by atoms with E-state index in [4.69, 9.17) is 5.73 Å². The van der Waals surface area contributed by atoms with Crippen molar-refractivity contribution >= 4 is 5.69 Å². The first-order valence-corrected chi connectivity index (χ1v) is 7.87. The molecule has 4 nitrogen and oxygen atoms in total. The molecule has 0 saturated carbocycles. The number of hydrogen-bond donors (Lipinski definition) is 1. The molecule has 3 unspecified atom stereocenters. The second kappa shape index (κ2) is 6.77. The Morgan fingerprint density at radius 3 is 2.10 bits per heavy atom. The van der Waals surface area contributed by atoms with Crippen LogP contribution in [0.25, 0.3) is 0 Å². The lowest BCUT2D eigenvalue weighted by Crippen LogP contribution is -2.56. The molecule has 0 radical (unpaired) electrons. The normalized spacial score (nSPS) is 25.8. The fraction of sp³-hybridized carbons (Fsp3) is 0.647. The SMILES string of the molecule is CC1CN(C(CN)c2ccc(N(C)C)cc2)CC(C)N1C. The number of likely N-dealkylation sites (N-methyl/N-ethyl adjacent to an activating group) is 1. The van der Waals surface area contributed by atoms with Gasteiger partial charge in [0.2, 0.25) is 0 Å². The van der Waals surface area contributed by atoms with Crippen LogP contribution in [0.3, 0.4) is 0 Å². The average Bonchev–Trinajstić information content (AvgIpc) is 2.46. The summed E-state index contributed by atoms with van der Waals surface area (Å²) in [7, 11) is 6.36. The summed E-state index contributed by atoms with van der Waals surface area (Å²) in [5, 5.41) is 0. The van der Waals surface area contributed by atoms with Crippen LogP contribution in [0.1, 0.15) is 25.5 Å². The Kier molecular flexibility index (Phi) is 5.25. The zero-order chi connectivity index (χ0) is 15.6. The monoisotopic (exact) mass is 290 g/mol. The van der Waals surface area contributed by atoms with Gasteiger partial charge in [0, 0.05) is 57.5 Å². The maximum Gasteiger partial charge on any atom is 0.0471 e. The van der Waals surface area contributed by atoms with Gasteiger partial charge >= 0.3 is 0 Å². The number of anilines is 1. The van der Waals surface area contributed by atoms with Crippen molar-refractivity contribution in [3.05, 3.63) is 29.8 Å². The molecule has 1 aliphatic heterocycles. The quantitative estimate of drug-likeness (QED) is 0.917. The summed E-state index contributed by atoms with van der Waals surface area (Å²) >= 11 is 0. The number of nitrogens with two attached hydrogens (primary N) is 1. The van der Waals surface area contributed by atoms with E-state index in [0.717, 1.165) is 13.1 Å². The van der Waals surface area contributed by atoms with E-state index < -0.39 is 0 Å². The molecular weight excluding hydrogens is 260 g/mol. The number of rotatable bonds is 4. The van der Waals surface area contributed by atoms with E-state index in [1.54, 1.807) is 0 Å². The summed E-state index contributed by atoms with van der Waals surface area (Å²) in [6.45, 7) is 7.43. The van der Waals surface area contributed by atoms with Crippen molar-refractivity contribution < 1.29 is 0 Å². The van der Waals surface area contributed by atoms with Gasteiger partial charge in [0.25, 0.3) is 0 Å². The minimum absolute atomic E-state index is 0.319. The van der Waals surface area contributed by atoms with Crippen LogP contribution >= 0.6 is 0 Å². The van der Waals surface area contributed by atoms with Crippen LogP contribution in [-0.4, -0.2) is 62.7 Å². The first-order valence-electron chi connectivity index (χ1n) is 7.87. The zero-order valence-electron chi connectivity index (χ0n) is 14.1. The van der Waals surface area contributed by atoms with E-state index in [1.807, 2.05) is 0 Å². The van der Waals surface area contributed by atoms with E-state index in [2.05, 4.69) is 74.0 Å². The predicted octanol–water partition coefficient (Wildman–Crippen LogP) is 1.78. The van der Waals surface area contributed by atoms with E-state index in [1.165, 1.54) is 11.3 Å². The van der Waals surface area contributed by atoms with Gasteiger partial charge in [-0.2, -0.15) is 0 Å². The third kappa shape index (κ3) is 3.57. The topological polar surface area (TPSA) is 35.7 Å². The van der Waals surface area contributed by atoms with Gasteiger partial charge in [-0.15, -0.1) is 0 Å². The highest BCUT2D eigenvalue weighted by molar-refractivity contribution is 5.46. The van der Waals surface area contributed by atoms with Crippen molar-refractivity contribution in [3.63, 3.8) is 0 Å². The molecule has 1 saturated heterocycles. The largest absolute Gasteiger partial charge is 0.378 e. The van der Waals surface area contributed by atoms with Crippen LogP contribution in [-0.2, 0) is 0 Å². The van der Waals surface area contributed by atoms with Crippen molar-refractivity contribution in [1.82, 2.24) is 9.80 Å². The average molecular weight is 290 g/mol. The summed E-state index contributed by atoms with van der Waals surface area (Å²) in [5.41, 5.74) is 8.65. The molecule has 2 rings (SSSR count). The Morgan fingerprint density at radius 2 is 1.67 bits per heavy atom. The first-order chi connectivity index (χ1) is 9.93. The van der Waals surface area contributed by atoms with Gasteiger partial charge in [0.15, 0.2) is 0 Å². The van der Waals surface area contributed by atoms with E-state index in [-0.39, 0.29) is 0 Å². The standard InChI is InChI=1S/C17H30N4/c1-13-11-21(12-14(2)20(13)5)17(10-18)15-6-8-16(9-7-15)19(3)4/h6-9,13-14,17H,10-12,18H2,1-5H3. The molecule has 4 heteroatoms. The number of hydrogen-bond acceptors (Lipinski definition) is 4. The third-order valence-electron chi connectivity index (χ3n) is 4.85. The predicted molar refractivity (Wildman–Crippen MR) is 90.8 cm³/mol. The lowest BCUT2D eigenvalue weighted by atomic mass is 10.0. The smallest absolute Gasteiger partial charge is 0.0471 e. The zero-order valence-corrected chi connectivity index (χ0v) is 14.1. The molecule has 1 aliphatic rings. The molecule has 0 aromatic heterocycles. The highest BCUT2D eigenvalue weighted by atomic mass is 15.3. The van der Waals surface area contributed by atoms with Gasteiger partial charge in [0.1, 0.15) is 0 Å². The molecule has 3 atom stereocenters. The number of piperazine rings is 1. The maximum atomic E-state index is 6.09. The second-order valence-corrected chi connectivity index (χ2v) is 6.55. The van der Waals surface area contributed by atoms with Crippen LogP contribution in [0.4, 0.5) is 5.69 Å². The molecule has 1 heterocycles. The lowest BCUT2D eigenvalue weighted by Gasteiger charge is -2.45. The van der Waals surface area contributed by atoms with Gasteiger partial charge < -0.3 is 10.6 Å². The molecule has 118 valence electrons. The van der Waals surface area contributed by atoms with Crippen molar-refractivity contribution in [3.8, 4) is 0 Å². The fourth-order valence-electron chi connectivity index (χ4n) is 3.19. The van der Waals surface area contributed by atoms with Crippen molar-refractivity contribution in [1.29, 1.82) is 0 Å². The fourth-order valence-corrected chi connectivity index (χ4v) is 3.19. The molecular formula is C17H30N4. The number of nitrogens with zero attached hydrogens (tertiary/aromatic N) is 3. The van der Waals surface area contributed by atoms with Crippen LogP contribution in [0.5, 0.6) is 0 Å². The van der Waals surface area contributed by atoms with Gasteiger partial charge in [-0.25, -0.2) is 0 Å². The van der Waals surface area contributed by atoms with Gasteiger partial charge in [0.05, 0.1) is 0 Å². The summed E-state index contributed by atoms with van der Waals surface area (Å²) in [5.74, 6) is 0. The maximum absolute atomic E-state index is 6.09. The molecule has 1 aromatic rings. The molecule has 0 amide bonds. The first kappa shape index (κ1) is 16.3. The number of benzene rings is 1. The Bertz CT molecular complexity index is 431. The summed E-state index contributed by atoms with van der Waals surface area (Å²) in [6, 6.07) is 10.3. The molecule has 21 heavy (non-hydrogen) atoms. The molecule has 0 spiro atoms. The molecule has 1 aromatic carbocycles. The van der Waals surface area contributed by atoms with Gasteiger partial charge in [-0.1, -0.05) is 12.1 Å². The van der Waals surface area contributed by atoms with Crippen molar-refractivity contribution in [2.45, 2.75) is 32.0 Å². The van der Waals surface area contributed by atoms with Crippen LogP contribution < -0.4 is 10.6 Å². The Morgan fingerprint density at radius 1 is 1.14 bits per heavy atom. The van der Waals surface area contributed by atoms with E-state index in [9.17, 15) is 0 Å². The molecule has 2 N–H and O–H groups in total. The minimum Gasteiger partial charge on any atom is -0.378 e. The Labute approximate surface area is 129 Å². The minimum atomic E-state index is 0.319. The Balaban J connectivity index is 2.15. The third-order valence-corrected chi connectivity index (χ3v) is 4.85. The second-order valence-electron chi connectivity index (χ2n) is 6.55. The molecule has 0 bridgehead atoms. The van der Waals surface area contributed by atoms with Crippen LogP contribution in [0.2, 0.25) is 0 Å². The summed E-state index contributed by atoms with van der Waals surface area (Å²) in [4.78, 5) is 7.13. The van der Waals surface area contributed by atoms with Crippen molar-refractivity contribution in [2.24, 2.45) is 5.73 Å². The van der Waals surface area contributed by atoms with Crippen LogP contribution in [0, 0.1) is 0 Å². The molecule has 0 aliphatic carbocycles. The Hall–Kier alpha value is -1.10. The van der Waals surface area contributed by atoms with Gasteiger partial charge in [-0.3, -0.25) is 9.80 Å². The summed E-state index contributed by atoms with van der Waals surface area (Å²) < 4.78 is 0. The highest BCUT2D eigenvalue weighted by Gasteiger charge is 2.30. The van der Waals surface area contributed by atoms with E-state index in [0.29, 0.717) is 24.7 Å². The van der Waals surface area contributed by atoms with E-state index >= 15 is 0 Å². The van der Waals surface area contributed by atoms with Crippen LogP contribution in [0.15, 0.2) is 24.3 Å². The highest BCUT2D eigenvalue weighted by Crippen LogP contribution is 2.26.